The summed E-state index contributed by atoms with van der Waals surface area (Å²) in [5, 5.41) is 4.34. The van der Waals surface area contributed by atoms with Crippen molar-refractivity contribution >= 4 is 16.8 Å². The Morgan fingerprint density at radius 2 is 2.00 bits per heavy atom. The van der Waals surface area contributed by atoms with Crippen LogP contribution in [-0.2, 0) is 11.3 Å². The van der Waals surface area contributed by atoms with Crippen LogP contribution in [0.1, 0.15) is 42.8 Å². The molecule has 25 heavy (non-hydrogen) atoms. The Morgan fingerprint density at radius 3 is 2.76 bits per heavy atom. The molecule has 130 valence electrons. The predicted octanol–water partition coefficient (Wildman–Crippen LogP) is 4.31. The summed E-state index contributed by atoms with van der Waals surface area (Å²) in [5.74, 6) is 0.0623. The van der Waals surface area contributed by atoms with Crippen molar-refractivity contribution in [3.8, 4) is 0 Å². The highest BCUT2D eigenvalue weighted by atomic mass is 16.1. The minimum Gasteiger partial charge on any atom is -0.348 e. The number of aryl methyl sites for hydroxylation is 3. The summed E-state index contributed by atoms with van der Waals surface area (Å²) in [6, 6.07) is 14.4. The average molecular weight is 335 g/mol. The van der Waals surface area contributed by atoms with Crippen LogP contribution < -0.4 is 5.32 Å². The second kappa shape index (κ2) is 7.51. The highest BCUT2D eigenvalue weighted by molar-refractivity contribution is 5.81. The van der Waals surface area contributed by atoms with Crippen LogP contribution in [0.25, 0.3) is 10.9 Å². The van der Waals surface area contributed by atoms with E-state index in [1.165, 1.54) is 16.6 Å². The average Bonchev–Trinajstić information content (AvgIpc) is 2.93. The fraction of sp³-hybridized carbons (Fsp3) is 0.333. The molecule has 0 aliphatic heterocycles. The summed E-state index contributed by atoms with van der Waals surface area (Å²) < 4.78 is 2.21. The first-order valence-corrected chi connectivity index (χ1v) is 8.85. The zero-order valence-corrected chi connectivity index (χ0v) is 15.1. The molecule has 4 heteroatoms. The zero-order valence-electron chi connectivity index (χ0n) is 15.1. The maximum atomic E-state index is 12.5. The van der Waals surface area contributed by atoms with Crippen LogP contribution in [0.4, 0.5) is 0 Å². The fourth-order valence-corrected chi connectivity index (χ4v) is 3.26. The van der Waals surface area contributed by atoms with Crippen LogP contribution >= 0.6 is 0 Å². The van der Waals surface area contributed by atoms with E-state index in [1.807, 2.05) is 31.2 Å². The van der Waals surface area contributed by atoms with Crippen molar-refractivity contribution in [3.05, 3.63) is 65.6 Å². The molecular weight excluding hydrogens is 310 g/mol. The molecular formula is C21H25N3O. The third kappa shape index (κ3) is 3.90. The van der Waals surface area contributed by atoms with Gasteiger partial charge in [-0.3, -0.25) is 9.78 Å². The van der Waals surface area contributed by atoms with Crippen LogP contribution in [0.3, 0.4) is 0 Å². The van der Waals surface area contributed by atoms with Gasteiger partial charge in [-0.15, -0.1) is 0 Å². The molecule has 0 unspecified atom stereocenters. The lowest BCUT2D eigenvalue weighted by Gasteiger charge is -2.17. The van der Waals surface area contributed by atoms with Gasteiger partial charge < -0.3 is 9.88 Å². The number of nitrogens with zero attached hydrogens (tertiary/aromatic N) is 2. The van der Waals surface area contributed by atoms with Gasteiger partial charge in [-0.2, -0.15) is 0 Å². The van der Waals surface area contributed by atoms with Crippen LogP contribution in [0.5, 0.6) is 0 Å². The summed E-state index contributed by atoms with van der Waals surface area (Å²) in [4.78, 5) is 16.9. The third-order valence-electron chi connectivity index (χ3n) is 4.62. The molecule has 0 radical (unpaired) electrons. The van der Waals surface area contributed by atoms with E-state index in [2.05, 4.69) is 46.9 Å². The Kier molecular flexibility index (Phi) is 5.17. The van der Waals surface area contributed by atoms with E-state index >= 15 is 0 Å². The van der Waals surface area contributed by atoms with Crippen molar-refractivity contribution < 1.29 is 4.79 Å². The van der Waals surface area contributed by atoms with E-state index in [9.17, 15) is 4.79 Å². The molecule has 0 fully saturated rings. The van der Waals surface area contributed by atoms with Gasteiger partial charge >= 0.3 is 0 Å². The van der Waals surface area contributed by atoms with Gasteiger partial charge in [0.1, 0.15) is 0 Å². The van der Waals surface area contributed by atoms with Gasteiger partial charge in [-0.25, -0.2) is 0 Å². The topological polar surface area (TPSA) is 46.9 Å². The Bertz CT molecular complexity index is 882. The van der Waals surface area contributed by atoms with Gasteiger partial charge in [0.15, 0.2) is 0 Å². The zero-order chi connectivity index (χ0) is 17.8. The quantitative estimate of drug-likeness (QED) is 0.729. The SMILES string of the molecule is CC[C@H](NC(=O)CCn1c(C)cc2ccccc21)c1cc(C)ccn1. The number of pyridine rings is 1. The number of aromatic nitrogens is 2. The molecule has 0 saturated heterocycles. The van der Waals surface area contributed by atoms with Crippen LogP contribution in [0.2, 0.25) is 0 Å². The maximum Gasteiger partial charge on any atom is 0.222 e. The number of nitrogens with one attached hydrogen (secondary N) is 1. The molecule has 1 aromatic carbocycles. The number of carbonyl (C=O) groups is 1. The Morgan fingerprint density at radius 1 is 1.20 bits per heavy atom. The number of benzene rings is 1. The van der Waals surface area contributed by atoms with E-state index in [0.717, 1.165) is 17.7 Å². The Balaban J connectivity index is 1.66. The molecule has 0 bridgehead atoms. The highest BCUT2D eigenvalue weighted by Crippen LogP contribution is 2.20. The normalized spacial score (nSPS) is 12.3. The monoisotopic (exact) mass is 335 g/mol. The molecule has 2 aromatic heterocycles. The van der Waals surface area contributed by atoms with Crippen molar-refractivity contribution in [3.63, 3.8) is 0 Å². The molecule has 0 aliphatic carbocycles. The molecule has 2 heterocycles. The number of amides is 1. The van der Waals surface area contributed by atoms with E-state index in [0.29, 0.717) is 13.0 Å². The fourth-order valence-electron chi connectivity index (χ4n) is 3.26. The molecule has 3 rings (SSSR count). The first-order chi connectivity index (χ1) is 12.1. The van der Waals surface area contributed by atoms with Gasteiger partial charge in [-0.05, 0) is 55.5 Å². The minimum atomic E-state index is -0.0325. The minimum absolute atomic E-state index is 0.0325. The lowest BCUT2D eigenvalue weighted by Crippen LogP contribution is -2.29. The van der Waals surface area contributed by atoms with Gasteiger partial charge in [-0.1, -0.05) is 25.1 Å². The number of fused-ring (bicyclic) bond motifs is 1. The third-order valence-corrected chi connectivity index (χ3v) is 4.62. The largest absolute Gasteiger partial charge is 0.348 e. The van der Waals surface area contributed by atoms with E-state index < -0.39 is 0 Å². The molecule has 0 saturated carbocycles. The van der Waals surface area contributed by atoms with Crippen molar-refractivity contribution in [2.24, 2.45) is 0 Å². The highest BCUT2D eigenvalue weighted by Gasteiger charge is 2.15. The lowest BCUT2D eigenvalue weighted by atomic mass is 10.1. The first-order valence-electron chi connectivity index (χ1n) is 8.85. The van der Waals surface area contributed by atoms with Crippen LogP contribution in [0.15, 0.2) is 48.7 Å². The van der Waals surface area contributed by atoms with Crippen LogP contribution in [0, 0.1) is 13.8 Å². The number of carbonyl (C=O) groups excluding carboxylic acids is 1. The van der Waals surface area contributed by atoms with Crippen LogP contribution in [-0.4, -0.2) is 15.5 Å². The number of hydrogen-bond donors (Lipinski definition) is 1. The smallest absolute Gasteiger partial charge is 0.222 e. The van der Waals surface area contributed by atoms with E-state index in [1.54, 1.807) is 6.20 Å². The summed E-state index contributed by atoms with van der Waals surface area (Å²) in [7, 11) is 0. The second-order valence-electron chi connectivity index (χ2n) is 6.53. The standard InChI is InChI=1S/C21H25N3O/c1-4-18(19-13-15(2)9-11-22-19)23-21(25)10-12-24-16(3)14-17-7-5-6-8-20(17)24/h5-9,11,13-14,18H,4,10,12H2,1-3H3,(H,23,25)/t18-/m0/s1. The Labute approximate surface area is 148 Å². The molecule has 1 N–H and O–H groups in total. The van der Waals surface area contributed by atoms with Gasteiger partial charge in [0, 0.05) is 30.4 Å². The summed E-state index contributed by atoms with van der Waals surface area (Å²) >= 11 is 0. The van der Waals surface area contributed by atoms with Crippen molar-refractivity contribution in [1.82, 2.24) is 14.9 Å². The predicted molar refractivity (Wildman–Crippen MR) is 101 cm³/mol. The number of hydrogen-bond acceptors (Lipinski definition) is 2. The number of rotatable bonds is 6. The van der Waals surface area contributed by atoms with Crippen molar-refractivity contribution in [2.75, 3.05) is 0 Å². The van der Waals surface area contributed by atoms with Crippen molar-refractivity contribution in [2.45, 2.75) is 46.2 Å². The van der Waals surface area contributed by atoms with Gasteiger partial charge in [0.25, 0.3) is 0 Å². The second-order valence-corrected chi connectivity index (χ2v) is 6.53. The van der Waals surface area contributed by atoms with E-state index in [-0.39, 0.29) is 11.9 Å². The number of para-hydroxylation sites is 1. The molecule has 1 atom stereocenters. The maximum absolute atomic E-state index is 12.5. The Hall–Kier alpha value is -2.62. The summed E-state index contributed by atoms with van der Waals surface area (Å²) in [6.07, 6.45) is 3.09. The molecule has 0 aliphatic rings. The van der Waals surface area contributed by atoms with Gasteiger partial charge in [0.05, 0.1) is 11.7 Å². The lowest BCUT2D eigenvalue weighted by molar-refractivity contribution is -0.122. The molecule has 0 spiro atoms. The summed E-state index contributed by atoms with van der Waals surface area (Å²) in [6.45, 7) is 6.88. The van der Waals surface area contributed by atoms with Gasteiger partial charge in [0.2, 0.25) is 5.91 Å². The molecule has 4 nitrogen and oxygen atoms in total. The van der Waals surface area contributed by atoms with E-state index in [4.69, 9.17) is 0 Å². The summed E-state index contributed by atoms with van der Waals surface area (Å²) in [5.41, 5.74) is 4.45. The molecule has 1 amide bonds. The van der Waals surface area contributed by atoms with Crippen molar-refractivity contribution in [1.29, 1.82) is 0 Å². The molecule has 3 aromatic rings. The first kappa shape index (κ1) is 17.2.